The lowest BCUT2D eigenvalue weighted by molar-refractivity contribution is 0.483. The topological polar surface area (TPSA) is 103 Å². The fourth-order valence-electron chi connectivity index (χ4n) is 1.84. The zero-order valence-electron chi connectivity index (χ0n) is 13.2. The lowest BCUT2D eigenvalue weighted by atomic mass is 10.2. The van der Waals surface area contributed by atoms with Crippen molar-refractivity contribution in [2.75, 3.05) is 18.5 Å². The highest BCUT2D eigenvalue weighted by Crippen LogP contribution is 2.08. The number of guanidine groups is 1. The minimum atomic E-state index is -4.02. The summed E-state index contributed by atoms with van der Waals surface area (Å²) in [5.41, 5.74) is 8.01. The van der Waals surface area contributed by atoms with Crippen LogP contribution in [0.25, 0.3) is 0 Å². The standard InChI is InChI=1S/C9H12N4.C7H8O3S/c1-2-4-8(5-3-1)12-13-9-10-6-7-11-9;1-6-2-4-7(5-3-6)11(8,9)10/h1-5,12H,6-7H2,(H2,10,11,13);2-5H,1H3,(H,8,9,10). The van der Waals surface area contributed by atoms with E-state index in [9.17, 15) is 8.42 Å². The number of benzene rings is 2. The number of rotatable bonds is 3. The van der Waals surface area contributed by atoms with Crippen LogP contribution >= 0.6 is 0 Å². The maximum absolute atomic E-state index is 10.5. The maximum Gasteiger partial charge on any atom is 0.294 e. The molecule has 7 nitrogen and oxygen atoms in total. The van der Waals surface area contributed by atoms with E-state index in [1.807, 2.05) is 37.3 Å². The zero-order chi connectivity index (χ0) is 17.4. The largest absolute Gasteiger partial charge is 0.353 e. The van der Waals surface area contributed by atoms with Gasteiger partial charge in [0, 0.05) is 6.54 Å². The molecule has 3 rings (SSSR count). The quantitative estimate of drug-likeness (QED) is 0.498. The smallest absolute Gasteiger partial charge is 0.294 e. The molecule has 0 saturated heterocycles. The van der Waals surface area contributed by atoms with Crippen molar-refractivity contribution in [2.24, 2.45) is 4.99 Å². The number of aliphatic imine (C=N–C) groups is 1. The molecule has 1 heterocycles. The van der Waals surface area contributed by atoms with Crippen molar-refractivity contribution in [3.8, 4) is 0 Å². The molecule has 0 spiro atoms. The van der Waals surface area contributed by atoms with Crippen molar-refractivity contribution in [3.63, 3.8) is 0 Å². The Morgan fingerprint density at radius 3 is 2.25 bits per heavy atom. The van der Waals surface area contributed by atoms with E-state index in [0.717, 1.165) is 30.3 Å². The van der Waals surface area contributed by atoms with Crippen molar-refractivity contribution in [2.45, 2.75) is 11.8 Å². The summed E-state index contributed by atoms with van der Waals surface area (Å²) in [5.74, 6) is 0.809. The molecule has 2 aromatic rings. The van der Waals surface area contributed by atoms with Crippen molar-refractivity contribution < 1.29 is 13.0 Å². The van der Waals surface area contributed by atoms with E-state index in [1.54, 1.807) is 12.1 Å². The average Bonchev–Trinajstić information content (AvgIpc) is 3.08. The van der Waals surface area contributed by atoms with Crippen molar-refractivity contribution in [1.29, 1.82) is 0 Å². The summed E-state index contributed by atoms with van der Waals surface area (Å²) in [6, 6.07) is 15.9. The second-order valence-electron chi connectivity index (χ2n) is 5.06. The molecule has 0 bridgehead atoms. The Kier molecular flexibility index (Phi) is 6.16. The molecule has 24 heavy (non-hydrogen) atoms. The number of para-hydroxylation sites is 1. The molecular weight excluding hydrogens is 328 g/mol. The Labute approximate surface area is 141 Å². The first kappa shape index (κ1) is 17.8. The van der Waals surface area contributed by atoms with Crippen LogP contribution < -0.4 is 16.2 Å². The van der Waals surface area contributed by atoms with Crippen LogP contribution in [0.2, 0.25) is 0 Å². The monoisotopic (exact) mass is 348 g/mol. The summed E-state index contributed by atoms with van der Waals surface area (Å²) in [7, 11) is -4.02. The number of hydrogen-bond acceptors (Lipinski definition) is 6. The van der Waals surface area contributed by atoms with Gasteiger partial charge < -0.3 is 5.32 Å². The lowest BCUT2D eigenvalue weighted by Gasteiger charge is -2.08. The second-order valence-corrected chi connectivity index (χ2v) is 6.48. The summed E-state index contributed by atoms with van der Waals surface area (Å²) in [6.45, 7) is 3.60. The first-order chi connectivity index (χ1) is 11.4. The SMILES string of the molecule is Cc1ccc(S(=O)(=O)O)cc1.c1ccc(NNC2=NCCN2)cc1. The van der Waals surface area contributed by atoms with E-state index in [4.69, 9.17) is 4.55 Å². The molecule has 8 heteroatoms. The van der Waals surface area contributed by atoms with Crippen LogP contribution in [0.5, 0.6) is 0 Å². The molecule has 0 saturated carbocycles. The summed E-state index contributed by atoms with van der Waals surface area (Å²) in [6.07, 6.45) is 0. The molecule has 0 radical (unpaired) electrons. The average molecular weight is 348 g/mol. The van der Waals surface area contributed by atoms with Gasteiger partial charge in [0.2, 0.25) is 5.96 Å². The highest BCUT2D eigenvalue weighted by Gasteiger charge is 2.06. The third-order valence-corrected chi connectivity index (χ3v) is 3.96. The lowest BCUT2D eigenvalue weighted by Crippen LogP contribution is -2.37. The van der Waals surface area contributed by atoms with E-state index >= 15 is 0 Å². The van der Waals surface area contributed by atoms with Gasteiger partial charge in [-0.2, -0.15) is 8.42 Å². The van der Waals surface area contributed by atoms with Crippen LogP contribution in [0.3, 0.4) is 0 Å². The van der Waals surface area contributed by atoms with E-state index in [-0.39, 0.29) is 4.90 Å². The van der Waals surface area contributed by atoms with E-state index in [0.29, 0.717) is 0 Å². The van der Waals surface area contributed by atoms with Gasteiger partial charge >= 0.3 is 0 Å². The molecule has 0 aromatic heterocycles. The number of anilines is 1. The van der Waals surface area contributed by atoms with Crippen LogP contribution in [-0.2, 0) is 10.1 Å². The van der Waals surface area contributed by atoms with Crippen molar-refractivity contribution in [1.82, 2.24) is 10.7 Å². The molecule has 0 fully saturated rings. The second kappa shape index (κ2) is 8.32. The van der Waals surface area contributed by atoms with Gasteiger partial charge in [-0.05, 0) is 31.2 Å². The van der Waals surface area contributed by atoms with Gasteiger partial charge in [-0.25, -0.2) is 0 Å². The fraction of sp³-hybridized carbons (Fsp3) is 0.188. The van der Waals surface area contributed by atoms with Gasteiger partial charge in [-0.3, -0.25) is 20.4 Å². The minimum absolute atomic E-state index is 0.0666. The van der Waals surface area contributed by atoms with Gasteiger partial charge in [0.05, 0.1) is 17.1 Å². The highest BCUT2D eigenvalue weighted by molar-refractivity contribution is 7.85. The van der Waals surface area contributed by atoms with Crippen molar-refractivity contribution >= 4 is 21.8 Å². The van der Waals surface area contributed by atoms with Gasteiger partial charge in [-0.15, -0.1) is 0 Å². The van der Waals surface area contributed by atoms with Gasteiger partial charge in [0.15, 0.2) is 0 Å². The Balaban J connectivity index is 0.000000177. The van der Waals surface area contributed by atoms with Crippen molar-refractivity contribution in [3.05, 3.63) is 60.2 Å². The third kappa shape index (κ3) is 5.90. The number of aryl methyl sites for hydroxylation is 1. The Hall–Kier alpha value is -2.58. The first-order valence-corrected chi connectivity index (χ1v) is 8.79. The third-order valence-electron chi connectivity index (χ3n) is 3.09. The van der Waals surface area contributed by atoms with Crippen LogP contribution in [0.15, 0.2) is 64.5 Å². The summed E-state index contributed by atoms with van der Waals surface area (Å²) in [5, 5.41) is 3.10. The van der Waals surface area contributed by atoms with E-state index < -0.39 is 10.1 Å². The number of nitrogens with zero attached hydrogens (tertiary/aromatic N) is 1. The van der Waals surface area contributed by atoms with Gasteiger partial charge in [0.1, 0.15) is 0 Å². The molecule has 0 unspecified atom stereocenters. The van der Waals surface area contributed by atoms with Crippen LogP contribution in [0.4, 0.5) is 5.69 Å². The summed E-state index contributed by atoms with van der Waals surface area (Å²) in [4.78, 5) is 4.12. The van der Waals surface area contributed by atoms with Gasteiger partial charge in [-0.1, -0.05) is 35.9 Å². The predicted octanol–water partition coefficient (Wildman–Crippen LogP) is 1.80. The highest BCUT2D eigenvalue weighted by atomic mass is 32.2. The number of hydrogen-bond donors (Lipinski definition) is 4. The molecule has 0 aliphatic carbocycles. The molecule has 1 aliphatic rings. The number of hydrazine groups is 1. The molecule has 1 aliphatic heterocycles. The van der Waals surface area contributed by atoms with Crippen LogP contribution in [-0.4, -0.2) is 32.0 Å². The van der Waals surface area contributed by atoms with Gasteiger partial charge in [0.25, 0.3) is 10.1 Å². The summed E-state index contributed by atoms with van der Waals surface area (Å²) < 4.78 is 29.6. The first-order valence-electron chi connectivity index (χ1n) is 7.35. The molecule has 2 aromatic carbocycles. The molecule has 0 atom stereocenters. The van der Waals surface area contributed by atoms with Crippen LogP contribution in [0.1, 0.15) is 5.56 Å². The predicted molar refractivity (Wildman–Crippen MR) is 94.5 cm³/mol. The minimum Gasteiger partial charge on any atom is -0.353 e. The normalized spacial score (nSPS) is 13.2. The zero-order valence-corrected chi connectivity index (χ0v) is 14.0. The van der Waals surface area contributed by atoms with E-state index in [2.05, 4.69) is 21.2 Å². The van der Waals surface area contributed by atoms with E-state index in [1.165, 1.54) is 12.1 Å². The Morgan fingerprint density at radius 2 is 1.71 bits per heavy atom. The number of nitrogens with one attached hydrogen (secondary N) is 3. The Morgan fingerprint density at radius 1 is 1.04 bits per heavy atom. The molecular formula is C16H20N4O3S. The molecule has 4 N–H and O–H groups in total. The fourth-order valence-corrected chi connectivity index (χ4v) is 2.32. The maximum atomic E-state index is 10.5. The summed E-state index contributed by atoms with van der Waals surface area (Å²) >= 11 is 0. The van der Waals surface area contributed by atoms with Crippen LogP contribution in [0, 0.1) is 6.92 Å². The molecule has 128 valence electrons. The Bertz CT molecular complexity index is 775. The molecule has 0 amide bonds.